The maximum absolute atomic E-state index is 6.23. The molecular formula is C17H35NO2. The second-order valence-electron chi connectivity index (χ2n) is 6.76. The van der Waals surface area contributed by atoms with Crippen LogP contribution in [-0.4, -0.2) is 39.0 Å². The van der Waals surface area contributed by atoms with Crippen molar-refractivity contribution in [2.24, 2.45) is 11.8 Å². The van der Waals surface area contributed by atoms with Crippen molar-refractivity contribution in [1.29, 1.82) is 0 Å². The molecule has 0 radical (unpaired) electrons. The average Bonchev–Trinajstić information content (AvgIpc) is 2.41. The highest BCUT2D eigenvalue weighted by Gasteiger charge is 2.35. The van der Waals surface area contributed by atoms with E-state index in [0.29, 0.717) is 5.92 Å². The summed E-state index contributed by atoms with van der Waals surface area (Å²) in [4.78, 5) is 0. The lowest BCUT2D eigenvalue weighted by Gasteiger charge is -2.40. The van der Waals surface area contributed by atoms with Gasteiger partial charge < -0.3 is 14.8 Å². The van der Waals surface area contributed by atoms with E-state index < -0.39 is 0 Å². The van der Waals surface area contributed by atoms with E-state index >= 15 is 0 Å². The molecule has 1 N–H and O–H groups in total. The largest absolute Gasteiger partial charge is 0.379 e. The number of nitrogens with one attached hydrogen (secondary N) is 1. The van der Waals surface area contributed by atoms with Crippen molar-refractivity contribution in [2.45, 2.75) is 64.9 Å². The van der Waals surface area contributed by atoms with Gasteiger partial charge in [-0.25, -0.2) is 0 Å². The standard InChI is InChI=1S/C17H35NO2/c1-5-6-16-7-9-17(10-8-16,14-18-4)20-12-11-19-13-15(2)3/h15-16,18H,5-14H2,1-4H3. The van der Waals surface area contributed by atoms with Crippen LogP contribution in [-0.2, 0) is 9.47 Å². The minimum Gasteiger partial charge on any atom is -0.379 e. The van der Waals surface area contributed by atoms with Gasteiger partial charge in [0.1, 0.15) is 0 Å². The molecule has 0 spiro atoms. The summed E-state index contributed by atoms with van der Waals surface area (Å²) in [5.74, 6) is 1.52. The van der Waals surface area contributed by atoms with E-state index in [9.17, 15) is 0 Å². The Morgan fingerprint density at radius 2 is 1.90 bits per heavy atom. The lowest BCUT2D eigenvalue weighted by Crippen LogP contribution is -2.45. The minimum absolute atomic E-state index is 0.0557. The fourth-order valence-corrected chi connectivity index (χ4v) is 3.23. The molecule has 1 fully saturated rings. The number of likely N-dealkylation sites (N-methyl/N-ethyl adjacent to an activating group) is 1. The molecule has 1 saturated carbocycles. The van der Waals surface area contributed by atoms with Gasteiger partial charge in [0.05, 0.1) is 18.8 Å². The molecule has 0 heterocycles. The molecule has 0 aromatic rings. The molecule has 3 nitrogen and oxygen atoms in total. The Morgan fingerprint density at radius 3 is 2.45 bits per heavy atom. The molecule has 0 aromatic heterocycles. The third-order valence-corrected chi connectivity index (χ3v) is 4.30. The maximum Gasteiger partial charge on any atom is 0.0807 e. The first-order chi connectivity index (χ1) is 9.62. The molecule has 0 aliphatic heterocycles. The molecule has 0 bridgehead atoms. The Labute approximate surface area is 125 Å². The quantitative estimate of drug-likeness (QED) is 0.622. The second kappa shape index (κ2) is 9.75. The zero-order valence-electron chi connectivity index (χ0n) is 14.0. The first kappa shape index (κ1) is 17.9. The van der Waals surface area contributed by atoms with Crippen LogP contribution in [0.5, 0.6) is 0 Å². The normalized spacial score (nSPS) is 27.1. The number of ether oxygens (including phenoxy) is 2. The van der Waals surface area contributed by atoms with Crippen LogP contribution >= 0.6 is 0 Å². The second-order valence-corrected chi connectivity index (χ2v) is 6.76. The topological polar surface area (TPSA) is 30.5 Å². The summed E-state index contributed by atoms with van der Waals surface area (Å²) >= 11 is 0. The van der Waals surface area contributed by atoms with E-state index in [4.69, 9.17) is 9.47 Å². The summed E-state index contributed by atoms with van der Waals surface area (Å²) < 4.78 is 11.9. The van der Waals surface area contributed by atoms with E-state index in [-0.39, 0.29) is 5.60 Å². The van der Waals surface area contributed by atoms with Gasteiger partial charge in [-0.15, -0.1) is 0 Å². The van der Waals surface area contributed by atoms with Gasteiger partial charge in [0.15, 0.2) is 0 Å². The van der Waals surface area contributed by atoms with E-state index in [0.717, 1.165) is 32.3 Å². The Bertz CT molecular complexity index is 235. The van der Waals surface area contributed by atoms with Crippen LogP contribution in [0, 0.1) is 11.8 Å². The van der Waals surface area contributed by atoms with Crippen molar-refractivity contribution in [3.63, 3.8) is 0 Å². The van der Waals surface area contributed by atoms with Gasteiger partial charge in [0.25, 0.3) is 0 Å². The fourth-order valence-electron chi connectivity index (χ4n) is 3.23. The summed E-state index contributed by atoms with van der Waals surface area (Å²) in [6.45, 7) is 9.90. The van der Waals surface area contributed by atoms with Crippen LogP contribution in [0.25, 0.3) is 0 Å². The van der Waals surface area contributed by atoms with Crippen molar-refractivity contribution >= 4 is 0 Å². The maximum atomic E-state index is 6.23. The van der Waals surface area contributed by atoms with Crippen LogP contribution in [0.3, 0.4) is 0 Å². The van der Waals surface area contributed by atoms with Gasteiger partial charge in [0.2, 0.25) is 0 Å². The molecule has 0 unspecified atom stereocenters. The van der Waals surface area contributed by atoms with Crippen molar-refractivity contribution < 1.29 is 9.47 Å². The summed E-state index contributed by atoms with van der Waals surface area (Å²) in [7, 11) is 2.03. The molecule has 120 valence electrons. The lowest BCUT2D eigenvalue weighted by atomic mass is 9.77. The zero-order chi connectivity index (χ0) is 14.8. The van der Waals surface area contributed by atoms with Crippen LogP contribution in [0.15, 0.2) is 0 Å². The summed E-state index contributed by atoms with van der Waals surface area (Å²) in [6.07, 6.45) is 7.73. The summed E-state index contributed by atoms with van der Waals surface area (Å²) in [5.41, 5.74) is 0.0557. The highest BCUT2D eigenvalue weighted by Crippen LogP contribution is 2.36. The molecule has 1 rings (SSSR count). The number of rotatable bonds is 10. The molecule has 1 aliphatic carbocycles. The lowest BCUT2D eigenvalue weighted by molar-refractivity contribution is -0.0935. The summed E-state index contributed by atoms with van der Waals surface area (Å²) in [5, 5.41) is 3.32. The van der Waals surface area contributed by atoms with Crippen molar-refractivity contribution in [1.82, 2.24) is 5.32 Å². The highest BCUT2D eigenvalue weighted by molar-refractivity contribution is 4.89. The Hall–Kier alpha value is -0.120. The van der Waals surface area contributed by atoms with E-state index in [1.807, 2.05) is 7.05 Å². The average molecular weight is 285 g/mol. The minimum atomic E-state index is 0.0557. The van der Waals surface area contributed by atoms with Crippen LogP contribution in [0.1, 0.15) is 59.3 Å². The van der Waals surface area contributed by atoms with Crippen LogP contribution < -0.4 is 5.32 Å². The van der Waals surface area contributed by atoms with Gasteiger partial charge in [-0.2, -0.15) is 0 Å². The van der Waals surface area contributed by atoms with Crippen molar-refractivity contribution in [2.75, 3.05) is 33.4 Å². The third-order valence-electron chi connectivity index (χ3n) is 4.30. The molecule has 0 saturated heterocycles. The first-order valence-corrected chi connectivity index (χ1v) is 8.48. The predicted octanol–water partition coefficient (Wildman–Crippen LogP) is 3.62. The molecule has 20 heavy (non-hydrogen) atoms. The van der Waals surface area contributed by atoms with E-state index in [2.05, 4.69) is 26.1 Å². The van der Waals surface area contributed by atoms with Gasteiger partial charge in [0, 0.05) is 13.2 Å². The monoisotopic (exact) mass is 285 g/mol. The molecule has 0 aromatic carbocycles. The smallest absolute Gasteiger partial charge is 0.0807 e. The van der Waals surface area contributed by atoms with Crippen LogP contribution in [0.2, 0.25) is 0 Å². The van der Waals surface area contributed by atoms with Gasteiger partial charge in [-0.05, 0) is 44.6 Å². The number of hydrogen-bond acceptors (Lipinski definition) is 3. The summed E-state index contributed by atoms with van der Waals surface area (Å²) in [6, 6.07) is 0. The number of hydrogen-bond donors (Lipinski definition) is 1. The zero-order valence-corrected chi connectivity index (χ0v) is 14.0. The van der Waals surface area contributed by atoms with Gasteiger partial charge in [-0.3, -0.25) is 0 Å². The predicted molar refractivity (Wildman–Crippen MR) is 85.1 cm³/mol. The first-order valence-electron chi connectivity index (χ1n) is 8.48. The SMILES string of the molecule is CCCC1CCC(CNC)(OCCOCC(C)C)CC1. The molecule has 1 aliphatic rings. The highest BCUT2D eigenvalue weighted by atomic mass is 16.5. The van der Waals surface area contributed by atoms with Crippen molar-refractivity contribution in [3.8, 4) is 0 Å². The van der Waals surface area contributed by atoms with E-state index in [1.165, 1.54) is 38.5 Å². The molecule has 0 amide bonds. The van der Waals surface area contributed by atoms with E-state index in [1.54, 1.807) is 0 Å². The Morgan fingerprint density at radius 1 is 1.20 bits per heavy atom. The Balaban J connectivity index is 2.29. The molecular weight excluding hydrogens is 250 g/mol. The Kier molecular flexibility index (Phi) is 8.74. The van der Waals surface area contributed by atoms with Gasteiger partial charge >= 0.3 is 0 Å². The van der Waals surface area contributed by atoms with Crippen LogP contribution in [0.4, 0.5) is 0 Å². The molecule has 3 heteroatoms. The fraction of sp³-hybridized carbons (Fsp3) is 1.00. The third kappa shape index (κ3) is 6.55. The van der Waals surface area contributed by atoms with Crippen molar-refractivity contribution in [3.05, 3.63) is 0 Å². The molecule has 0 atom stereocenters. The van der Waals surface area contributed by atoms with Gasteiger partial charge in [-0.1, -0.05) is 33.6 Å².